The molecule has 2 aromatic heterocycles. The zero-order chi connectivity index (χ0) is 21.5. The molecule has 9 heteroatoms. The van der Waals surface area contributed by atoms with Crippen LogP contribution in [-0.4, -0.2) is 40.4 Å². The van der Waals surface area contributed by atoms with Crippen molar-refractivity contribution in [1.29, 1.82) is 0 Å². The number of nitrogens with one attached hydrogen (secondary N) is 1. The maximum Gasteiger partial charge on any atom is 0.170 e. The lowest BCUT2D eigenvalue weighted by molar-refractivity contribution is 0.249. The highest BCUT2D eigenvalue weighted by Crippen LogP contribution is 2.41. The number of allylic oxidation sites excluding steroid dienone is 1. The number of rotatable bonds is 2. The highest BCUT2D eigenvalue weighted by Gasteiger charge is 2.31. The Balaban J connectivity index is 1.62. The minimum atomic E-state index is -0.260. The van der Waals surface area contributed by atoms with Gasteiger partial charge in [0.1, 0.15) is 23.7 Å². The van der Waals surface area contributed by atoms with Crippen LogP contribution in [0.15, 0.2) is 40.7 Å². The Kier molecular flexibility index (Phi) is 4.65. The molecule has 3 aromatic rings. The molecule has 8 nitrogen and oxygen atoms in total. The molecule has 0 amide bonds. The summed E-state index contributed by atoms with van der Waals surface area (Å²) >= 11 is 0. The molecular weight excluding hydrogens is 399 g/mol. The van der Waals surface area contributed by atoms with Crippen molar-refractivity contribution in [2.75, 3.05) is 18.5 Å². The van der Waals surface area contributed by atoms with Crippen LogP contribution in [0.1, 0.15) is 36.5 Å². The molecule has 0 fully saturated rings. The van der Waals surface area contributed by atoms with E-state index in [1.165, 1.54) is 6.07 Å². The summed E-state index contributed by atoms with van der Waals surface area (Å²) < 4.78 is 28.5. The van der Waals surface area contributed by atoms with Crippen LogP contribution in [0.3, 0.4) is 0 Å². The molecule has 4 heterocycles. The van der Waals surface area contributed by atoms with Gasteiger partial charge in [-0.1, -0.05) is 0 Å². The van der Waals surface area contributed by atoms with Crippen LogP contribution in [0.25, 0.3) is 11.2 Å². The molecule has 2 aliphatic heterocycles. The van der Waals surface area contributed by atoms with Gasteiger partial charge in [-0.05, 0) is 44.3 Å². The number of halogens is 1. The van der Waals surface area contributed by atoms with Crippen LogP contribution < -0.4 is 14.8 Å². The van der Waals surface area contributed by atoms with Crippen molar-refractivity contribution in [3.63, 3.8) is 0 Å². The molecule has 2 aliphatic rings. The number of fused-ring (bicyclic) bond motifs is 3. The van der Waals surface area contributed by atoms with Gasteiger partial charge < -0.3 is 14.8 Å². The number of aliphatic imine (C=N–C) groups is 2. The second kappa shape index (κ2) is 7.50. The van der Waals surface area contributed by atoms with E-state index >= 15 is 0 Å². The summed E-state index contributed by atoms with van der Waals surface area (Å²) in [6.45, 7) is 8.31. The van der Waals surface area contributed by atoms with Gasteiger partial charge in [-0.15, -0.1) is 10.2 Å². The second-order valence-corrected chi connectivity index (χ2v) is 7.55. The number of anilines is 1. The predicted molar refractivity (Wildman–Crippen MR) is 117 cm³/mol. The first kappa shape index (κ1) is 19.2. The van der Waals surface area contributed by atoms with Gasteiger partial charge in [-0.2, -0.15) is 0 Å². The highest BCUT2D eigenvalue weighted by molar-refractivity contribution is 5.86. The topological polar surface area (TPSA) is 85.4 Å². The Morgan fingerprint density at radius 3 is 2.90 bits per heavy atom. The normalized spacial score (nSPS) is 18.1. The van der Waals surface area contributed by atoms with Crippen LogP contribution in [0.2, 0.25) is 0 Å². The number of benzene rings is 1. The van der Waals surface area contributed by atoms with Crippen molar-refractivity contribution in [3.05, 3.63) is 53.2 Å². The third-order valence-corrected chi connectivity index (χ3v) is 5.62. The van der Waals surface area contributed by atoms with Gasteiger partial charge in [0.2, 0.25) is 0 Å². The number of nitrogens with zero attached hydrogens (tertiary/aromatic N) is 5. The fraction of sp³-hybridized carbons (Fsp3) is 0.273. The largest absolute Gasteiger partial charge is 0.493 e. The minimum absolute atomic E-state index is 0.0453. The van der Waals surface area contributed by atoms with Crippen molar-refractivity contribution in [1.82, 2.24) is 14.6 Å². The molecule has 0 saturated carbocycles. The lowest BCUT2D eigenvalue weighted by Gasteiger charge is -2.16. The first-order valence-corrected chi connectivity index (χ1v) is 9.92. The molecule has 158 valence electrons. The summed E-state index contributed by atoms with van der Waals surface area (Å²) in [5.41, 5.74) is 3.81. The zero-order valence-corrected chi connectivity index (χ0v) is 17.2. The van der Waals surface area contributed by atoms with Crippen LogP contribution in [-0.2, 0) is 6.54 Å². The Morgan fingerprint density at radius 1 is 1.29 bits per heavy atom. The highest BCUT2D eigenvalue weighted by atomic mass is 19.1. The summed E-state index contributed by atoms with van der Waals surface area (Å²) in [5, 5.41) is 11.7. The molecular formula is C22H21FN6O2. The number of hydrogen-bond acceptors (Lipinski definition) is 6. The van der Waals surface area contributed by atoms with Crippen LogP contribution in [0, 0.1) is 5.82 Å². The Bertz CT molecular complexity index is 1260. The predicted octanol–water partition coefficient (Wildman–Crippen LogP) is 3.83. The van der Waals surface area contributed by atoms with E-state index in [0.717, 1.165) is 22.4 Å². The van der Waals surface area contributed by atoms with E-state index in [-0.39, 0.29) is 11.7 Å². The fourth-order valence-corrected chi connectivity index (χ4v) is 3.98. The Labute approximate surface area is 178 Å². The monoisotopic (exact) mass is 420 g/mol. The fourth-order valence-electron chi connectivity index (χ4n) is 3.98. The molecule has 0 aliphatic carbocycles. The Hall–Kier alpha value is -3.75. The molecule has 0 bridgehead atoms. The van der Waals surface area contributed by atoms with Gasteiger partial charge in [0.05, 0.1) is 19.1 Å². The van der Waals surface area contributed by atoms with Gasteiger partial charge >= 0.3 is 0 Å². The molecule has 31 heavy (non-hydrogen) atoms. The van der Waals surface area contributed by atoms with Crippen molar-refractivity contribution in [3.8, 4) is 11.5 Å². The van der Waals surface area contributed by atoms with E-state index in [1.807, 2.05) is 17.4 Å². The zero-order valence-electron chi connectivity index (χ0n) is 17.2. The van der Waals surface area contributed by atoms with E-state index in [2.05, 4.69) is 32.2 Å². The summed E-state index contributed by atoms with van der Waals surface area (Å²) in [6.07, 6.45) is 3.32. The third kappa shape index (κ3) is 3.22. The standard InChI is InChI=1S/C22H21FN6O2/c1-12(7-25-13(2)24-3)15-6-19-22(29-11-27-28-21(15)29)26-8-16-17(23)4-5-18-20(16)14(9-30-18)10-31-19/h4-7,11,14,26H,3,8-10H2,1-2H3/b12-7+,25-13-/t14-/m1/s1. The van der Waals surface area contributed by atoms with E-state index in [0.29, 0.717) is 48.4 Å². The summed E-state index contributed by atoms with van der Waals surface area (Å²) in [5.74, 6) is 2.27. The lowest BCUT2D eigenvalue weighted by Crippen LogP contribution is -2.13. The molecule has 0 radical (unpaired) electrons. The maximum absolute atomic E-state index is 14.7. The number of ether oxygens (including phenoxy) is 2. The Morgan fingerprint density at radius 2 is 2.10 bits per heavy atom. The number of amidine groups is 1. The molecule has 1 N–H and O–H groups in total. The summed E-state index contributed by atoms with van der Waals surface area (Å²) in [4.78, 5) is 8.10. The first-order chi connectivity index (χ1) is 15.1. The molecule has 0 spiro atoms. The van der Waals surface area contributed by atoms with E-state index < -0.39 is 0 Å². The lowest BCUT2D eigenvalue weighted by atomic mass is 9.96. The SMILES string of the molecule is C=N/C(C)=N\C=C(/C)c1cc2c(n3cnnc13)NCc1c(F)ccc3c1[C@H](CO3)CO2. The number of pyridine rings is 1. The van der Waals surface area contributed by atoms with E-state index in [4.69, 9.17) is 9.47 Å². The van der Waals surface area contributed by atoms with E-state index in [1.54, 1.807) is 25.5 Å². The quantitative estimate of drug-likeness (QED) is 0.503. The van der Waals surface area contributed by atoms with Crippen LogP contribution in [0.4, 0.5) is 10.2 Å². The molecule has 5 rings (SSSR count). The summed E-state index contributed by atoms with van der Waals surface area (Å²) in [6, 6.07) is 5.04. The maximum atomic E-state index is 14.7. The smallest absolute Gasteiger partial charge is 0.170 e. The first-order valence-electron chi connectivity index (χ1n) is 9.92. The second-order valence-electron chi connectivity index (χ2n) is 7.55. The van der Waals surface area contributed by atoms with Crippen molar-refractivity contribution < 1.29 is 13.9 Å². The number of aromatic nitrogens is 3. The van der Waals surface area contributed by atoms with Crippen molar-refractivity contribution >= 4 is 29.6 Å². The van der Waals surface area contributed by atoms with Crippen molar-refractivity contribution in [2.24, 2.45) is 9.98 Å². The minimum Gasteiger partial charge on any atom is -0.493 e. The average Bonchev–Trinajstić information content (AvgIpc) is 3.43. The van der Waals surface area contributed by atoms with Crippen LogP contribution in [0.5, 0.6) is 11.5 Å². The van der Waals surface area contributed by atoms with Crippen molar-refractivity contribution in [2.45, 2.75) is 26.3 Å². The molecule has 0 unspecified atom stereocenters. The van der Waals surface area contributed by atoms with Gasteiger partial charge in [0.25, 0.3) is 0 Å². The molecule has 0 saturated heterocycles. The van der Waals surface area contributed by atoms with Crippen LogP contribution >= 0.6 is 0 Å². The van der Waals surface area contributed by atoms with Gasteiger partial charge in [-0.3, -0.25) is 4.40 Å². The van der Waals surface area contributed by atoms with Gasteiger partial charge in [-0.25, -0.2) is 14.4 Å². The number of hydrogen-bond donors (Lipinski definition) is 1. The van der Waals surface area contributed by atoms with Gasteiger partial charge in [0.15, 0.2) is 17.2 Å². The average molecular weight is 420 g/mol. The molecule has 1 atom stereocenters. The summed E-state index contributed by atoms with van der Waals surface area (Å²) in [7, 11) is 0. The van der Waals surface area contributed by atoms with Gasteiger partial charge in [0, 0.05) is 29.4 Å². The molecule has 1 aromatic carbocycles. The third-order valence-electron chi connectivity index (χ3n) is 5.62. The van der Waals surface area contributed by atoms with E-state index in [9.17, 15) is 4.39 Å².